The molecule has 1 aromatic carbocycles. The summed E-state index contributed by atoms with van der Waals surface area (Å²) in [6, 6.07) is 3.62. The number of imidazole rings is 1. The molecule has 0 spiro atoms. The Bertz CT molecular complexity index is 1440. The quantitative estimate of drug-likeness (QED) is 0.459. The Labute approximate surface area is 217 Å². The first-order valence-corrected chi connectivity index (χ1v) is 14.6. The van der Waals surface area contributed by atoms with Crippen LogP contribution in [-0.4, -0.2) is 72.1 Å². The van der Waals surface area contributed by atoms with E-state index in [-0.39, 0.29) is 33.0 Å². The molecule has 0 radical (unpaired) electrons. The van der Waals surface area contributed by atoms with Gasteiger partial charge in [-0.1, -0.05) is 11.3 Å². The van der Waals surface area contributed by atoms with Crippen LogP contribution < -0.4 is 14.9 Å². The van der Waals surface area contributed by atoms with E-state index >= 15 is 0 Å². The predicted molar refractivity (Wildman–Crippen MR) is 135 cm³/mol. The van der Waals surface area contributed by atoms with Gasteiger partial charge in [0.2, 0.25) is 15.2 Å². The molecule has 10 nitrogen and oxygen atoms in total. The van der Waals surface area contributed by atoms with Crippen molar-refractivity contribution in [2.75, 3.05) is 31.2 Å². The smallest absolute Gasteiger partial charge is 0.291 e. The summed E-state index contributed by atoms with van der Waals surface area (Å²) in [5.41, 5.74) is 1.17. The average molecular weight is 554 g/mol. The van der Waals surface area contributed by atoms with E-state index in [1.54, 1.807) is 23.6 Å². The maximum atomic E-state index is 13.6. The molecule has 2 aliphatic heterocycles. The fourth-order valence-corrected chi connectivity index (χ4v) is 7.28. The summed E-state index contributed by atoms with van der Waals surface area (Å²) >= 11 is 0.797. The van der Waals surface area contributed by atoms with Crippen molar-refractivity contribution in [1.29, 1.82) is 0 Å². The molecule has 3 fully saturated rings. The Kier molecular flexibility index (Phi) is 6.02. The largest absolute Gasteiger partial charge is 0.377 e. The van der Waals surface area contributed by atoms with Crippen LogP contribution in [0.5, 0.6) is 0 Å². The van der Waals surface area contributed by atoms with Crippen LogP contribution in [0.3, 0.4) is 0 Å². The first kappa shape index (κ1) is 25.0. The lowest BCUT2D eigenvalue weighted by Gasteiger charge is -2.39. The molecule has 6 rings (SSSR count). The molecule has 3 aliphatic rings. The standard InChI is InChI=1S/C23H29F2N7O3S2/c1-12-8-31(9-13(2)26-12)16-6-15(37(33,34)30-23(3)10-35-11-23)7-17-18(16)27-20(14-4-5-14)32(17)22-29-28-21(36-22)19(24)25/h6-7,12-14,19,26,30H,4-5,8-11H2,1-3H3/t12-,13-/m0/s1. The number of rotatable bonds is 7. The highest BCUT2D eigenvalue weighted by Crippen LogP contribution is 2.44. The van der Waals surface area contributed by atoms with Crippen LogP contribution in [0.4, 0.5) is 14.5 Å². The van der Waals surface area contributed by atoms with E-state index in [2.05, 4.69) is 39.0 Å². The second kappa shape index (κ2) is 8.90. The van der Waals surface area contributed by atoms with E-state index in [9.17, 15) is 17.2 Å². The molecule has 2 atom stereocenters. The van der Waals surface area contributed by atoms with Gasteiger partial charge in [0, 0.05) is 31.1 Å². The van der Waals surface area contributed by atoms with Crippen molar-refractivity contribution in [3.63, 3.8) is 0 Å². The lowest BCUT2D eigenvalue weighted by Crippen LogP contribution is -2.59. The summed E-state index contributed by atoms with van der Waals surface area (Å²) in [5, 5.41) is 11.1. The Morgan fingerprint density at radius 1 is 1.19 bits per heavy atom. The number of benzene rings is 1. The summed E-state index contributed by atoms with van der Waals surface area (Å²) in [5.74, 6) is 0.857. The minimum atomic E-state index is -3.93. The monoisotopic (exact) mass is 553 g/mol. The predicted octanol–water partition coefficient (Wildman–Crippen LogP) is 2.95. The van der Waals surface area contributed by atoms with Gasteiger partial charge in [0.1, 0.15) is 11.3 Å². The second-order valence-electron chi connectivity index (χ2n) is 10.6. The van der Waals surface area contributed by atoms with E-state index in [0.717, 1.165) is 24.2 Å². The highest BCUT2D eigenvalue weighted by Gasteiger charge is 2.39. The molecule has 2 saturated heterocycles. The minimum Gasteiger partial charge on any atom is -0.377 e. The minimum absolute atomic E-state index is 0.0871. The van der Waals surface area contributed by atoms with Crippen LogP contribution in [0, 0.1) is 0 Å². The third kappa shape index (κ3) is 4.62. The first-order chi connectivity index (χ1) is 17.5. The number of piperazine rings is 1. The fraction of sp³-hybridized carbons (Fsp3) is 0.609. The van der Waals surface area contributed by atoms with E-state index in [4.69, 9.17) is 9.72 Å². The zero-order chi connectivity index (χ0) is 26.1. The van der Waals surface area contributed by atoms with Crippen LogP contribution in [0.1, 0.15) is 56.8 Å². The molecule has 200 valence electrons. The SMILES string of the molecule is C[C@H]1CN(c2cc(S(=O)(=O)NC3(C)COC3)cc3c2nc(C2CC2)n3-c2nnc(C(F)F)s2)C[C@H](C)N1. The number of ether oxygens (including phenoxy) is 1. The highest BCUT2D eigenvalue weighted by molar-refractivity contribution is 7.89. The van der Waals surface area contributed by atoms with Gasteiger partial charge in [-0.3, -0.25) is 4.57 Å². The number of hydrogen-bond donors (Lipinski definition) is 2. The molecule has 0 unspecified atom stereocenters. The number of anilines is 1. The molecule has 37 heavy (non-hydrogen) atoms. The van der Waals surface area contributed by atoms with Gasteiger partial charge in [0.25, 0.3) is 6.43 Å². The molecule has 0 amide bonds. The van der Waals surface area contributed by atoms with E-state index in [1.807, 2.05) is 0 Å². The van der Waals surface area contributed by atoms with Crippen LogP contribution in [0.15, 0.2) is 17.0 Å². The lowest BCUT2D eigenvalue weighted by atomic mass is 10.0. The van der Waals surface area contributed by atoms with Crippen molar-refractivity contribution in [3.05, 3.63) is 23.0 Å². The van der Waals surface area contributed by atoms with E-state index in [1.165, 1.54) is 0 Å². The van der Waals surface area contributed by atoms with Gasteiger partial charge in [-0.2, -0.15) is 0 Å². The average Bonchev–Trinajstić information content (AvgIpc) is 3.39. The number of hydrogen-bond acceptors (Lipinski definition) is 9. The second-order valence-corrected chi connectivity index (χ2v) is 13.3. The van der Waals surface area contributed by atoms with Gasteiger partial charge in [-0.05, 0) is 45.7 Å². The number of sulfonamides is 1. The molecule has 1 aliphatic carbocycles. The maximum absolute atomic E-state index is 13.6. The normalized spacial score (nSPS) is 24.1. The molecular formula is C23H29F2N7O3S2. The number of aromatic nitrogens is 4. The number of nitrogens with one attached hydrogen (secondary N) is 2. The highest BCUT2D eigenvalue weighted by atomic mass is 32.2. The lowest BCUT2D eigenvalue weighted by molar-refractivity contribution is -0.0523. The van der Waals surface area contributed by atoms with Crippen molar-refractivity contribution in [2.24, 2.45) is 0 Å². The number of halogens is 2. The van der Waals surface area contributed by atoms with Crippen LogP contribution >= 0.6 is 11.3 Å². The van der Waals surface area contributed by atoms with Crippen LogP contribution in [0.2, 0.25) is 0 Å². The molecular weight excluding hydrogens is 524 g/mol. The molecule has 3 aromatic rings. The first-order valence-electron chi connectivity index (χ1n) is 12.3. The third-order valence-electron chi connectivity index (χ3n) is 6.92. The van der Waals surface area contributed by atoms with Crippen molar-refractivity contribution in [2.45, 2.75) is 68.5 Å². The molecule has 2 N–H and O–H groups in total. The zero-order valence-electron chi connectivity index (χ0n) is 20.7. The van der Waals surface area contributed by atoms with Gasteiger partial charge < -0.3 is 15.0 Å². The summed E-state index contributed by atoms with van der Waals surface area (Å²) < 4.78 is 63.7. The van der Waals surface area contributed by atoms with Crippen molar-refractivity contribution < 1.29 is 21.9 Å². The summed E-state index contributed by atoms with van der Waals surface area (Å²) in [4.78, 5) is 7.21. The Morgan fingerprint density at radius 2 is 1.89 bits per heavy atom. The number of fused-ring (bicyclic) bond motifs is 1. The van der Waals surface area contributed by atoms with E-state index in [0.29, 0.717) is 48.8 Å². The molecule has 14 heteroatoms. The molecule has 0 bridgehead atoms. The van der Waals surface area contributed by atoms with Crippen molar-refractivity contribution >= 4 is 38.1 Å². The van der Waals surface area contributed by atoms with Gasteiger partial charge in [-0.25, -0.2) is 26.9 Å². The summed E-state index contributed by atoms with van der Waals surface area (Å²) in [6.07, 6.45) is -0.895. The van der Waals surface area contributed by atoms with Gasteiger partial charge in [0.05, 0.1) is 34.9 Å². The van der Waals surface area contributed by atoms with Crippen LogP contribution in [-0.2, 0) is 14.8 Å². The third-order valence-corrected chi connectivity index (χ3v) is 9.45. The zero-order valence-corrected chi connectivity index (χ0v) is 22.4. The van der Waals surface area contributed by atoms with Crippen molar-refractivity contribution in [1.82, 2.24) is 29.8 Å². The Hall–Kier alpha value is -2.26. The Morgan fingerprint density at radius 3 is 2.46 bits per heavy atom. The maximum Gasteiger partial charge on any atom is 0.291 e. The van der Waals surface area contributed by atoms with Gasteiger partial charge in [0.15, 0.2) is 5.01 Å². The van der Waals surface area contributed by atoms with E-state index < -0.39 is 22.0 Å². The van der Waals surface area contributed by atoms with Crippen LogP contribution in [0.25, 0.3) is 16.2 Å². The summed E-state index contributed by atoms with van der Waals surface area (Å²) in [7, 11) is -3.93. The number of alkyl halides is 2. The molecule has 4 heterocycles. The van der Waals surface area contributed by atoms with Gasteiger partial charge in [-0.15, -0.1) is 10.2 Å². The summed E-state index contributed by atoms with van der Waals surface area (Å²) in [6.45, 7) is 7.89. The molecule has 2 aromatic heterocycles. The molecule has 1 saturated carbocycles. The fourth-order valence-electron chi connectivity index (χ4n) is 5.14. The van der Waals surface area contributed by atoms with Crippen molar-refractivity contribution in [3.8, 4) is 5.13 Å². The topological polar surface area (TPSA) is 114 Å². The van der Waals surface area contributed by atoms with Gasteiger partial charge >= 0.3 is 0 Å². The Balaban J connectivity index is 1.56. The number of nitrogens with zero attached hydrogens (tertiary/aromatic N) is 5.